The van der Waals surface area contributed by atoms with Crippen LogP contribution in [0.15, 0.2) is 47.4 Å². The summed E-state index contributed by atoms with van der Waals surface area (Å²) in [6.45, 7) is 1.20. The summed E-state index contributed by atoms with van der Waals surface area (Å²) in [6.07, 6.45) is 0. The van der Waals surface area contributed by atoms with Gasteiger partial charge in [0.25, 0.3) is 0 Å². The average molecular weight is 387 g/mol. The topological polar surface area (TPSA) is 60.2 Å². The molecule has 2 N–H and O–H groups in total. The maximum atomic E-state index is 14.8. The van der Waals surface area contributed by atoms with Crippen molar-refractivity contribution < 1.29 is 26.0 Å². The molecule has 0 amide bonds. The number of rotatable bonds is 3. The highest BCUT2D eigenvalue weighted by molar-refractivity contribution is 7.91. The number of halogens is 4. The smallest absolute Gasteiger partial charge is 0.330 e. The largest absolute Gasteiger partial charge is 0.340 e. The number of hydrogen-bond acceptors (Lipinski definition) is 3. The lowest BCUT2D eigenvalue weighted by atomic mass is 9.88. The second-order valence-corrected chi connectivity index (χ2v) is 8.46. The van der Waals surface area contributed by atoms with Gasteiger partial charge in [-0.1, -0.05) is 37.3 Å². The molecule has 0 radical (unpaired) electrons. The first-order chi connectivity index (χ1) is 12.1. The highest BCUT2D eigenvalue weighted by Gasteiger charge is 2.62. The number of hydrogen-bond donors (Lipinski definition) is 1. The molecule has 0 saturated heterocycles. The number of benzene rings is 2. The van der Waals surface area contributed by atoms with Crippen LogP contribution in [0, 0.1) is 0 Å². The van der Waals surface area contributed by atoms with Gasteiger partial charge in [0.2, 0.25) is 0 Å². The Bertz CT molecular complexity index is 957. The number of alkyl halides is 4. The van der Waals surface area contributed by atoms with E-state index in [1.807, 2.05) is 0 Å². The van der Waals surface area contributed by atoms with Crippen LogP contribution in [0.3, 0.4) is 0 Å². The highest BCUT2D eigenvalue weighted by atomic mass is 32.2. The van der Waals surface area contributed by atoms with Gasteiger partial charge in [-0.3, -0.25) is 0 Å². The minimum absolute atomic E-state index is 0.0236. The van der Waals surface area contributed by atoms with Crippen molar-refractivity contribution in [3.8, 4) is 0 Å². The van der Waals surface area contributed by atoms with Crippen molar-refractivity contribution in [1.82, 2.24) is 0 Å². The number of fused-ring (bicyclic) bond motifs is 2. The normalized spacial score (nSPS) is 20.8. The fourth-order valence-electron chi connectivity index (χ4n) is 3.32. The van der Waals surface area contributed by atoms with Crippen molar-refractivity contribution in [2.24, 2.45) is 5.73 Å². The third-order valence-electron chi connectivity index (χ3n) is 4.78. The Morgan fingerprint density at radius 2 is 1.54 bits per heavy atom. The van der Waals surface area contributed by atoms with E-state index in [-0.39, 0.29) is 28.3 Å². The Kier molecular flexibility index (Phi) is 4.39. The van der Waals surface area contributed by atoms with E-state index in [1.54, 1.807) is 0 Å². The second-order valence-electron chi connectivity index (χ2n) is 6.18. The van der Waals surface area contributed by atoms with Crippen LogP contribution in [-0.4, -0.2) is 20.7 Å². The molecule has 0 fully saturated rings. The van der Waals surface area contributed by atoms with Gasteiger partial charge in [-0.15, -0.1) is 0 Å². The van der Waals surface area contributed by atoms with Gasteiger partial charge in [0.15, 0.2) is 9.84 Å². The average Bonchev–Trinajstić information content (AvgIpc) is 2.66. The number of sulfone groups is 1. The standard InChI is InChI=1S/C18H17F4NO2S/c1-2-26(24,25)11-7-8-16-13(9-11)14(10-23)12-5-3-4-6-15(12)17(19,20)18(16,21)22/h3-9,14H,2,10,23H2,1H3. The molecule has 0 bridgehead atoms. The van der Waals surface area contributed by atoms with Gasteiger partial charge >= 0.3 is 11.8 Å². The summed E-state index contributed by atoms with van der Waals surface area (Å²) in [5.41, 5.74) is 3.83. The Labute approximate surface area is 148 Å². The highest BCUT2D eigenvalue weighted by Crippen LogP contribution is 2.56. The van der Waals surface area contributed by atoms with Crippen LogP contribution < -0.4 is 5.73 Å². The lowest BCUT2D eigenvalue weighted by molar-refractivity contribution is -0.223. The fraction of sp³-hybridized carbons (Fsp3) is 0.333. The molecule has 2 aromatic rings. The minimum atomic E-state index is -4.50. The SMILES string of the molecule is CCS(=O)(=O)c1ccc2c(c1)C(CN)c1ccccc1C(F)(F)C2(F)F. The molecule has 1 unspecified atom stereocenters. The van der Waals surface area contributed by atoms with Gasteiger partial charge in [0.05, 0.1) is 10.6 Å². The molecule has 1 aliphatic carbocycles. The summed E-state index contributed by atoms with van der Waals surface area (Å²) in [4.78, 5) is -0.185. The Morgan fingerprint density at radius 3 is 2.12 bits per heavy atom. The molecule has 0 aromatic heterocycles. The molecule has 2 aromatic carbocycles. The maximum Gasteiger partial charge on any atom is 0.340 e. The third kappa shape index (κ3) is 2.54. The molecule has 0 heterocycles. The van der Waals surface area contributed by atoms with E-state index in [0.717, 1.165) is 24.3 Å². The summed E-state index contributed by atoms with van der Waals surface area (Å²) in [7, 11) is -3.69. The van der Waals surface area contributed by atoms with Crippen molar-refractivity contribution in [1.29, 1.82) is 0 Å². The van der Waals surface area contributed by atoms with E-state index >= 15 is 0 Å². The van der Waals surface area contributed by atoms with E-state index < -0.39 is 38.7 Å². The van der Waals surface area contributed by atoms with Crippen LogP contribution in [0.4, 0.5) is 17.6 Å². The molecule has 0 saturated carbocycles. The molecule has 1 atom stereocenters. The molecule has 3 nitrogen and oxygen atoms in total. The summed E-state index contributed by atoms with van der Waals surface area (Å²) in [6, 6.07) is 7.80. The predicted octanol–water partition coefficient (Wildman–Crippen LogP) is 3.77. The second kappa shape index (κ2) is 6.06. The summed E-state index contributed by atoms with van der Waals surface area (Å²) >= 11 is 0. The van der Waals surface area contributed by atoms with Crippen molar-refractivity contribution in [2.75, 3.05) is 12.3 Å². The van der Waals surface area contributed by atoms with Gasteiger partial charge in [-0.05, 0) is 23.3 Å². The van der Waals surface area contributed by atoms with Gasteiger partial charge < -0.3 is 5.73 Å². The molecule has 8 heteroatoms. The van der Waals surface area contributed by atoms with Crippen LogP contribution in [0.25, 0.3) is 0 Å². The maximum absolute atomic E-state index is 14.8. The molecule has 3 rings (SSSR count). The van der Waals surface area contributed by atoms with Gasteiger partial charge in [-0.25, -0.2) is 8.42 Å². The fourth-order valence-corrected chi connectivity index (χ4v) is 4.24. The zero-order chi connectivity index (χ0) is 19.3. The van der Waals surface area contributed by atoms with Crippen molar-refractivity contribution in [3.05, 3.63) is 64.7 Å². The van der Waals surface area contributed by atoms with Crippen molar-refractivity contribution >= 4 is 9.84 Å². The Morgan fingerprint density at radius 1 is 0.962 bits per heavy atom. The van der Waals surface area contributed by atoms with E-state index in [4.69, 9.17) is 5.73 Å². The van der Waals surface area contributed by atoms with E-state index in [2.05, 4.69) is 0 Å². The summed E-state index contributed by atoms with van der Waals surface area (Å²) in [5.74, 6) is -10.2. The first kappa shape index (κ1) is 18.8. The molecular weight excluding hydrogens is 370 g/mol. The Balaban J connectivity index is 2.40. The quantitative estimate of drug-likeness (QED) is 0.816. The van der Waals surface area contributed by atoms with E-state index in [9.17, 15) is 26.0 Å². The lowest BCUT2D eigenvalue weighted by Crippen LogP contribution is -2.35. The Hall–Kier alpha value is -1.93. The molecule has 140 valence electrons. The zero-order valence-corrected chi connectivity index (χ0v) is 14.7. The van der Waals surface area contributed by atoms with Crippen LogP contribution in [0.2, 0.25) is 0 Å². The molecule has 1 aliphatic rings. The van der Waals surface area contributed by atoms with Crippen LogP contribution in [-0.2, 0) is 21.7 Å². The van der Waals surface area contributed by atoms with E-state index in [0.29, 0.717) is 0 Å². The predicted molar refractivity (Wildman–Crippen MR) is 89.3 cm³/mol. The van der Waals surface area contributed by atoms with Crippen LogP contribution in [0.1, 0.15) is 35.1 Å². The molecular formula is C18H17F4NO2S. The number of nitrogens with two attached hydrogens (primary N) is 1. The third-order valence-corrected chi connectivity index (χ3v) is 6.51. The molecule has 0 aliphatic heterocycles. The lowest BCUT2D eigenvalue weighted by Gasteiger charge is -2.27. The first-order valence-electron chi connectivity index (χ1n) is 8.00. The monoisotopic (exact) mass is 387 g/mol. The van der Waals surface area contributed by atoms with E-state index in [1.165, 1.54) is 25.1 Å². The molecule has 0 spiro atoms. The van der Waals surface area contributed by atoms with Crippen LogP contribution >= 0.6 is 0 Å². The summed E-state index contributed by atoms with van der Waals surface area (Å²) in [5, 5.41) is 0. The van der Waals surface area contributed by atoms with Crippen molar-refractivity contribution in [3.63, 3.8) is 0 Å². The summed E-state index contributed by atoms with van der Waals surface area (Å²) < 4.78 is 83.3. The first-order valence-corrected chi connectivity index (χ1v) is 9.65. The van der Waals surface area contributed by atoms with Gasteiger partial charge in [0, 0.05) is 23.6 Å². The van der Waals surface area contributed by atoms with Gasteiger partial charge in [-0.2, -0.15) is 17.6 Å². The zero-order valence-electron chi connectivity index (χ0n) is 13.8. The molecule has 26 heavy (non-hydrogen) atoms. The van der Waals surface area contributed by atoms with Gasteiger partial charge in [0.1, 0.15) is 0 Å². The minimum Gasteiger partial charge on any atom is -0.330 e. The van der Waals surface area contributed by atoms with Crippen LogP contribution in [0.5, 0.6) is 0 Å². The van der Waals surface area contributed by atoms with Crippen molar-refractivity contribution in [2.45, 2.75) is 29.6 Å².